The Hall–Kier alpha value is -2.28. The smallest absolute Gasteiger partial charge is 0.0531 e. The van der Waals surface area contributed by atoms with Crippen molar-refractivity contribution in [2.75, 3.05) is 0 Å². The summed E-state index contributed by atoms with van der Waals surface area (Å²) in [6.45, 7) is 3.82. The van der Waals surface area contributed by atoms with Crippen molar-refractivity contribution in [3.8, 4) is 5.69 Å². The van der Waals surface area contributed by atoms with Gasteiger partial charge in [-0.05, 0) is 37.1 Å². The van der Waals surface area contributed by atoms with Crippen molar-refractivity contribution in [1.82, 2.24) is 4.57 Å². The first-order chi connectivity index (χ1) is 9.40. The van der Waals surface area contributed by atoms with Crippen molar-refractivity contribution < 1.29 is 0 Å². The van der Waals surface area contributed by atoms with Crippen molar-refractivity contribution in [3.63, 3.8) is 0 Å². The summed E-state index contributed by atoms with van der Waals surface area (Å²) in [5.74, 6) is 0. The van der Waals surface area contributed by atoms with Gasteiger partial charge in [0.15, 0.2) is 0 Å². The van der Waals surface area contributed by atoms with E-state index in [0.29, 0.717) is 0 Å². The van der Waals surface area contributed by atoms with Gasteiger partial charge in [0.2, 0.25) is 0 Å². The summed E-state index contributed by atoms with van der Waals surface area (Å²) in [4.78, 5) is 0. The Bertz CT molecular complexity index is 692. The van der Waals surface area contributed by atoms with Gasteiger partial charge < -0.3 is 4.57 Å². The first-order valence-corrected chi connectivity index (χ1v) is 6.66. The summed E-state index contributed by atoms with van der Waals surface area (Å²) >= 11 is 0. The molecule has 0 aliphatic rings. The van der Waals surface area contributed by atoms with E-state index in [4.69, 9.17) is 0 Å². The molecule has 0 fully saturated rings. The molecule has 1 nitrogen and oxygen atoms in total. The van der Waals surface area contributed by atoms with Crippen LogP contribution in [0.25, 0.3) is 16.6 Å². The van der Waals surface area contributed by atoms with Crippen LogP contribution in [0.15, 0.2) is 73.3 Å². The lowest BCUT2D eigenvalue weighted by Crippen LogP contribution is -1.99. The second-order valence-electron chi connectivity index (χ2n) is 4.69. The van der Waals surface area contributed by atoms with Crippen LogP contribution in [0.4, 0.5) is 0 Å². The Morgan fingerprint density at radius 1 is 0.947 bits per heavy atom. The fraction of sp³-hybridized carbons (Fsp3) is 0.111. The molecule has 0 saturated carbocycles. The van der Waals surface area contributed by atoms with E-state index in [1.165, 1.54) is 22.3 Å². The number of nitrogens with zero attached hydrogens (tertiary/aromatic N) is 1. The van der Waals surface area contributed by atoms with E-state index in [-0.39, 0.29) is 0 Å². The zero-order valence-electron chi connectivity index (χ0n) is 10.9. The number of hydrogen-bond acceptors (Lipinski definition) is 0. The highest BCUT2D eigenvalue weighted by atomic mass is 15.0. The molecular formula is C18H17N. The lowest BCUT2D eigenvalue weighted by atomic mass is 10.2. The summed E-state index contributed by atoms with van der Waals surface area (Å²) in [6, 6.07) is 21.4. The highest BCUT2D eigenvalue weighted by Crippen LogP contribution is 2.25. The molecule has 1 aromatic heterocycles. The molecule has 0 aliphatic carbocycles. The maximum absolute atomic E-state index is 3.82. The lowest BCUT2D eigenvalue weighted by molar-refractivity contribution is 0.901. The molecule has 0 aliphatic heterocycles. The molecule has 94 valence electrons. The fourth-order valence-corrected chi connectivity index (χ4v) is 2.53. The van der Waals surface area contributed by atoms with Crippen LogP contribution in [-0.4, -0.2) is 4.57 Å². The normalized spacial score (nSPS) is 10.7. The van der Waals surface area contributed by atoms with E-state index in [1.54, 1.807) is 0 Å². The van der Waals surface area contributed by atoms with Crippen LogP contribution in [0.1, 0.15) is 12.1 Å². The average molecular weight is 247 g/mol. The van der Waals surface area contributed by atoms with Gasteiger partial charge in [-0.15, -0.1) is 6.58 Å². The zero-order chi connectivity index (χ0) is 13.1. The first kappa shape index (κ1) is 11.8. The van der Waals surface area contributed by atoms with Gasteiger partial charge in [0, 0.05) is 16.8 Å². The maximum Gasteiger partial charge on any atom is 0.0531 e. The highest BCUT2D eigenvalue weighted by Gasteiger charge is 2.09. The summed E-state index contributed by atoms with van der Waals surface area (Å²) < 4.78 is 2.35. The number of fused-ring (bicyclic) bond motifs is 1. The summed E-state index contributed by atoms with van der Waals surface area (Å²) in [5.41, 5.74) is 3.84. The molecule has 0 spiro atoms. The number of aryl methyl sites for hydroxylation is 1. The minimum absolute atomic E-state index is 1.00. The lowest BCUT2D eigenvalue weighted by Gasteiger charge is -2.10. The van der Waals surface area contributed by atoms with Crippen molar-refractivity contribution in [2.45, 2.75) is 12.8 Å². The van der Waals surface area contributed by atoms with Crippen LogP contribution in [0, 0.1) is 0 Å². The summed E-state index contributed by atoms with van der Waals surface area (Å²) in [6.07, 6.45) is 4.00. The number of para-hydroxylation sites is 2. The van der Waals surface area contributed by atoms with E-state index >= 15 is 0 Å². The molecule has 19 heavy (non-hydrogen) atoms. The third-order valence-corrected chi connectivity index (χ3v) is 3.41. The molecule has 0 amide bonds. The van der Waals surface area contributed by atoms with Crippen molar-refractivity contribution >= 4 is 10.9 Å². The van der Waals surface area contributed by atoms with Crippen LogP contribution in [0.3, 0.4) is 0 Å². The molecule has 2 aromatic carbocycles. The minimum atomic E-state index is 1.00. The van der Waals surface area contributed by atoms with Crippen LogP contribution in [0.5, 0.6) is 0 Å². The van der Waals surface area contributed by atoms with Gasteiger partial charge in [-0.2, -0.15) is 0 Å². The number of benzene rings is 2. The van der Waals surface area contributed by atoms with Crippen molar-refractivity contribution in [2.24, 2.45) is 0 Å². The Morgan fingerprint density at radius 2 is 1.68 bits per heavy atom. The van der Waals surface area contributed by atoms with E-state index in [1.807, 2.05) is 6.08 Å². The largest absolute Gasteiger partial charge is 0.314 e. The Labute approximate surface area is 113 Å². The van der Waals surface area contributed by atoms with E-state index in [0.717, 1.165) is 12.8 Å². The van der Waals surface area contributed by atoms with E-state index < -0.39 is 0 Å². The van der Waals surface area contributed by atoms with Crippen molar-refractivity contribution in [1.29, 1.82) is 0 Å². The number of hydrogen-bond donors (Lipinski definition) is 0. The molecule has 0 unspecified atom stereocenters. The molecular weight excluding hydrogens is 230 g/mol. The monoisotopic (exact) mass is 247 g/mol. The molecule has 3 aromatic rings. The maximum atomic E-state index is 3.82. The van der Waals surface area contributed by atoms with Crippen molar-refractivity contribution in [3.05, 3.63) is 79.0 Å². The molecule has 0 N–H and O–H groups in total. The molecule has 1 heteroatoms. The second kappa shape index (κ2) is 5.15. The van der Waals surface area contributed by atoms with Gasteiger partial charge in [0.1, 0.15) is 0 Å². The predicted octanol–water partition coefficient (Wildman–Crippen LogP) is 4.75. The topological polar surface area (TPSA) is 4.93 Å². The predicted molar refractivity (Wildman–Crippen MR) is 81.8 cm³/mol. The third-order valence-electron chi connectivity index (χ3n) is 3.41. The van der Waals surface area contributed by atoms with Crippen LogP contribution >= 0.6 is 0 Å². The Kier molecular flexibility index (Phi) is 3.20. The molecule has 0 atom stereocenters. The first-order valence-electron chi connectivity index (χ1n) is 6.66. The van der Waals surface area contributed by atoms with Crippen LogP contribution < -0.4 is 0 Å². The van der Waals surface area contributed by atoms with Gasteiger partial charge in [0.05, 0.1) is 5.52 Å². The highest BCUT2D eigenvalue weighted by molar-refractivity contribution is 5.83. The van der Waals surface area contributed by atoms with Crippen LogP contribution in [0.2, 0.25) is 0 Å². The molecule has 0 bridgehead atoms. The summed E-state index contributed by atoms with van der Waals surface area (Å²) in [5, 5.41) is 1.30. The Balaban J connectivity index is 2.21. The van der Waals surface area contributed by atoms with Gasteiger partial charge in [-0.25, -0.2) is 0 Å². The number of allylic oxidation sites excluding steroid dienone is 1. The Morgan fingerprint density at radius 3 is 2.47 bits per heavy atom. The van der Waals surface area contributed by atoms with Gasteiger partial charge >= 0.3 is 0 Å². The SMILES string of the molecule is C=CCCc1cc2ccccc2n1-c1ccccc1. The molecule has 0 saturated heterocycles. The van der Waals surface area contributed by atoms with E-state index in [9.17, 15) is 0 Å². The third kappa shape index (κ3) is 2.19. The second-order valence-corrected chi connectivity index (χ2v) is 4.69. The van der Waals surface area contributed by atoms with Gasteiger partial charge in [-0.1, -0.05) is 42.5 Å². The molecule has 1 heterocycles. The standard InChI is InChI=1S/C18H17N/c1-2-3-10-17-14-15-9-7-8-13-18(15)19(17)16-11-5-4-6-12-16/h2,4-9,11-14H,1,3,10H2. The van der Waals surface area contributed by atoms with Crippen LogP contribution in [-0.2, 0) is 6.42 Å². The summed E-state index contributed by atoms with van der Waals surface area (Å²) in [7, 11) is 0. The van der Waals surface area contributed by atoms with Gasteiger partial charge in [-0.3, -0.25) is 0 Å². The van der Waals surface area contributed by atoms with E-state index in [2.05, 4.69) is 71.8 Å². The molecule has 0 radical (unpaired) electrons. The minimum Gasteiger partial charge on any atom is -0.314 e. The molecule has 3 rings (SSSR count). The van der Waals surface area contributed by atoms with Gasteiger partial charge in [0.25, 0.3) is 0 Å². The quantitative estimate of drug-likeness (QED) is 0.586. The number of aromatic nitrogens is 1. The fourth-order valence-electron chi connectivity index (χ4n) is 2.53. The average Bonchev–Trinajstić information content (AvgIpc) is 2.84. The number of rotatable bonds is 4. The zero-order valence-corrected chi connectivity index (χ0v) is 10.9.